The second kappa shape index (κ2) is 7.75. The maximum atomic E-state index is 13.0. The zero-order chi connectivity index (χ0) is 19.6. The van der Waals surface area contributed by atoms with Crippen molar-refractivity contribution in [1.29, 1.82) is 0 Å². The average molecular weight is 389 g/mol. The van der Waals surface area contributed by atoms with E-state index in [1.54, 1.807) is 6.92 Å². The van der Waals surface area contributed by atoms with Crippen molar-refractivity contribution >= 4 is 15.7 Å². The summed E-state index contributed by atoms with van der Waals surface area (Å²) >= 11 is 0. The van der Waals surface area contributed by atoms with E-state index in [1.165, 1.54) is 22.0 Å². The first-order chi connectivity index (χ1) is 12.8. The largest absolute Gasteiger partial charge is 0.294 e. The molecular weight excluding hydrogens is 366 g/mol. The van der Waals surface area contributed by atoms with Crippen LogP contribution in [-0.2, 0) is 10.0 Å². The minimum absolute atomic E-state index is 0.0151. The Morgan fingerprint density at radius 1 is 1.04 bits per heavy atom. The maximum absolute atomic E-state index is 13.0. The van der Waals surface area contributed by atoms with E-state index in [0.29, 0.717) is 31.7 Å². The van der Waals surface area contributed by atoms with Gasteiger partial charge in [-0.15, -0.1) is 0 Å². The van der Waals surface area contributed by atoms with E-state index >= 15 is 0 Å². The minimum atomic E-state index is -3.76. The molecule has 2 aromatic rings. The number of nitro groups is 1. The second-order valence-electron chi connectivity index (χ2n) is 6.73. The zero-order valence-corrected chi connectivity index (χ0v) is 16.2. The molecule has 1 atom stereocenters. The normalized spacial score (nSPS) is 17.6. The Balaban J connectivity index is 1.75. The zero-order valence-electron chi connectivity index (χ0n) is 15.4. The van der Waals surface area contributed by atoms with Gasteiger partial charge in [0.1, 0.15) is 0 Å². The van der Waals surface area contributed by atoms with E-state index in [-0.39, 0.29) is 16.6 Å². The van der Waals surface area contributed by atoms with Crippen LogP contribution in [0.4, 0.5) is 5.69 Å². The number of hydrogen-bond donors (Lipinski definition) is 0. The Kier molecular flexibility index (Phi) is 5.59. The molecule has 0 aromatic heterocycles. The molecule has 1 fully saturated rings. The number of hydrogen-bond acceptors (Lipinski definition) is 5. The lowest BCUT2D eigenvalue weighted by atomic mass is 10.1. The summed E-state index contributed by atoms with van der Waals surface area (Å²) in [5.41, 5.74) is 1.50. The molecule has 0 N–H and O–H groups in total. The molecular formula is C19H23N3O4S. The van der Waals surface area contributed by atoms with Crippen molar-refractivity contribution in [3.63, 3.8) is 0 Å². The SMILES string of the molecule is Cc1ccc([N+](=O)[O-])cc1S(=O)(=O)N1CCN([C@H](C)c2ccccc2)CC1. The van der Waals surface area contributed by atoms with Gasteiger partial charge in [-0.25, -0.2) is 8.42 Å². The van der Waals surface area contributed by atoms with Gasteiger partial charge in [-0.05, 0) is 25.0 Å². The van der Waals surface area contributed by atoms with Gasteiger partial charge < -0.3 is 0 Å². The molecule has 27 heavy (non-hydrogen) atoms. The number of benzene rings is 2. The summed E-state index contributed by atoms with van der Waals surface area (Å²) in [6, 6.07) is 14.3. The highest BCUT2D eigenvalue weighted by atomic mass is 32.2. The predicted octanol–water partition coefficient (Wildman–Crippen LogP) is 2.97. The molecule has 0 aliphatic carbocycles. The molecule has 0 unspecified atom stereocenters. The lowest BCUT2D eigenvalue weighted by molar-refractivity contribution is -0.385. The van der Waals surface area contributed by atoms with E-state index < -0.39 is 14.9 Å². The van der Waals surface area contributed by atoms with Crippen molar-refractivity contribution in [2.45, 2.75) is 24.8 Å². The highest BCUT2D eigenvalue weighted by Crippen LogP contribution is 2.27. The topological polar surface area (TPSA) is 83.8 Å². The predicted molar refractivity (Wildman–Crippen MR) is 103 cm³/mol. The highest BCUT2D eigenvalue weighted by molar-refractivity contribution is 7.89. The Labute approximate surface area is 159 Å². The molecule has 0 saturated carbocycles. The number of sulfonamides is 1. The van der Waals surface area contributed by atoms with Crippen LogP contribution in [0.5, 0.6) is 0 Å². The highest BCUT2D eigenvalue weighted by Gasteiger charge is 2.32. The maximum Gasteiger partial charge on any atom is 0.270 e. The van der Waals surface area contributed by atoms with Crippen LogP contribution in [0.1, 0.15) is 24.1 Å². The Bertz CT molecular complexity index is 923. The summed E-state index contributed by atoms with van der Waals surface area (Å²) in [7, 11) is -3.76. The minimum Gasteiger partial charge on any atom is -0.294 e. The summed E-state index contributed by atoms with van der Waals surface area (Å²) < 4.78 is 27.5. The van der Waals surface area contributed by atoms with Crippen LogP contribution in [-0.4, -0.2) is 48.7 Å². The molecule has 7 nitrogen and oxygen atoms in total. The van der Waals surface area contributed by atoms with E-state index in [1.807, 2.05) is 18.2 Å². The summed E-state index contributed by atoms with van der Waals surface area (Å²) in [6.07, 6.45) is 0. The first kappa shape index (κ1) is 19.5. The molecule has 1 aliphatic heterocycles. The summed E-state index contributed by atoms with van der Waals surface area (Å²) in [6.45, 7) is 5.73. The summed E-state index contributed by atoms with van der Waals surface area (Å²) in [4.78, 5) is 12.7. The Hall–Kier alpha value is -2.29. The van der Waals surface area contributed by atoms with Crippen LogP contribution in [0.2, 0.25) is 0 Å². The smallest absolute Gasteiger partial charge is 0.270 e. The third kappa shape index (κ3) is 4.02. The quantitative estimate of drug-likeness (QED) is 0.580. The molecule has 144 valence electrons. The van der Waals surface area contributed by atoms with Crippen LogP contribution >= 0.6 is 0 Å². The van der Waals surface area contributed by atoms with Gasteiger partial charge in [-0.1, -0.05) is 36.4 Å². The van der Waals surface area contributed by atoms with Gasteiger partial charge in [0.15, 0.2) is 0 Å². The van der Waals surface area contributed by atoms with Crippen molar-refractivity contribution in [3.05, 3.63) is 69.8 Å². The van der Waals surface area contributed by atoms with Crippen LogP contribution in [0.15, 0.2) is 53.4 Å². The van der Waals surface area contributed by atoms with Gasteiger partial charge in [0, 0.05) is 44.4 Å². The van der Waals surface area contributed by atoms with Gasteiger partial charge in [0.25, 0.3) is 5.69 Å². The Morgan fingerprint density at radius 3 is 2.26 bits per heavy atom. The number of aryl methyl sites for hydroxylation is 1. The fourth-order valence-corrected chi connectivity index (χ4v) is 5.06. The van der Waals surface area contributed by atoms with Crippen LogP contribution in [0.25, 0.3) is 0 Å². The van der Waals surface area contributed by atoms with E-state index in [0.717, 1.165) is 6.07 Å². The van der Waals surface area contributed by atoms with Crippen molar-refractivity contribution < 1.29 is 13.3 Å². The molecule has 8 heteroatoms. The van der Waals surface area contributed by atoms with Crippen molar-refractivity contribution in [1.82, 2.24) is 9.21 Å². The van der Waals surface area contributed by atoms with Crippen LogP contribution in [0, 0.1) is 17.0 Å². The molecule has 1 aliphatic rings. The first-order valence-corrected chi connectivity index (χ1v) is 10.3. The number of nitrogens with zero attached hydrogens (tertiary/aromatic N) is 3. The average Bonchev–Trinajstić information content (AvgIpc) is 2.68. The van der Waals surface area contributed by atoms with Gasteiger partial charge >= 0.3 is 0 Å². The van der Waals surface area contributed by atoms with Gasteiger partial charge in [-0.2, -0.15) is 4.31 Å². The molecule has 0 amide bonds. The Morgan fingerprint density at radius 2 is 1.67 bits per heavy atom. The van der Waals surface area contributed by atoms with E-state index in [4.69, 9.17) is 0 Å². The van der Waals surface area contributed by atoms with Gasteiger partial charge in [-0.3, -0.25) is 15.0 Å². The number of nitro benzene ring substituents is 1. The van der Waals surface area contributed by atoms with Gasteiger partial charge in [0.2, 0.25) is 10.0 Å². The molecule has 0 bridgehead atoms. The fourth-order valence-electron chi connectivity index (χ4n) is 3.39. The summed E-state index contributed by atoms with van der Waals surface area (Å²) in [5, 5.41) is 11.0. The van der Waals surface area contributed by atoms with Crippen LogP contribution in [0.3, 0.4) is 0 Å². The van der Waals surface area contributed by atoms with E-state index in [2.05, 4.69) is 24.0 Å². The van der Waals surface area contributed by atoms with Crippen molar-refractivity contribution in [3.8, 4) is 0 Å². The first-order valence-electron chi connectivity index (χ1n) is 8.85. The number of piperazine rings is 1. The third-order valence-electron chi connectivity index (χ3n) is 5.10. The van der Waals surface area contributed by atoms with Crippen molar-refractivity contribution in [2.75, 3.05) is 26.2 Å². The summed E-state index contributed by atoms with van der Waals surface area (Å²) in [5.74, 6) is 0. The molecule has 0 spiro atoms. The number of non-ortho nitro benzene ring substituents is 1. The van der Waals surface area contributed by atoms with Crippen molar-refractivity contribution in [2.24, 2.45) is 0 Å². The number of rotatable bonds is 5. The third-order valence-corrected chi connectivity index (χ3v) is 7.14. The molecule has 1 heterocycles. The molecule has 0 radical (unpaired) electrons. The lowest BCUT2D eigenvalue weighted by Gasteiger charge is -2.37. The molecule has 2 aromatic carbocycles. The molecule has 1 saturated heterocycles. The monoisotopic (exact) mass is 389 g/mol. The fraction of sp³-hybridized carbons (Fsp3) is 0.368. The lowest BCUT2D eigenvalue weighted by Crippen LogP contribution is -2.49. The second-order valence-corrected chi connectivity index (χ2v) is 8.64. The molecule has 3 rings (SSSR count). The van der Waals surface area contributed by atoms with Gasteiger partial charge in [0.05, 0.1) is 9.82 Å². The standard InChI is InChI=1S/C19H23N3O4S/c1-15-8-9-18(22(23)24)14-19(15)27(25,26)21-12-10-20(11-13-21)16(2)17-6-4-3-5-7-17/h3-9,14,16H,10-13H2,1-2H3/t16-/m1/s1. The van der Waals surface area contributed by atoms with Crippen LogP contribution < -0.4 is 0 Å². The van der Waals surface area contributed by atoms with E-state index in [9.17, 15) is 18.5 Å².